The zero-order chi connectivity index (χ0) is 17.7. The number of hydrogen-bond acceptors (Lipinski definition) is 5. The molecule has 2 aromatic rings. The summed E-state index contributed by atoms with van der Waals surface area (Å²) >= 11 is 0. The number of aldehydes is 1. The summed E-state index contributed by atoms with van der Waals surface area (Å²) in [6, 6.07) is 6.46. The van der Waals surface area contributed by atoms with Gasteiger partial charge in [0.25, 0.3) is 5.91 Å². The molecule has 0 fully saturated rings. The molecule has 9 heteroatoms. The van der Waals surface area contributed by atoms with Gasteiger partial charge in [-0.3, -0.25) is 19.7 Å². The monoisotopic (exact) mass is 336 g/mol. The van der Waals surface area contributed by atoms with Crippen LogP contribution in [0.25, 0.3) is 0 Å². The average Bonchev–Trinajstić information content (AvgIpc) is 2.56. The summed E-state index contributed by atoms with van der Waals surface area (Å²) < 4.78 is 31.8. The van der Waals surface area contributed by atoms with Crippen molar-refractivity contribution in [2.45, 2.75) is 0 Å². The van der Waals surface area contributed by atoms with Gasteiger partial charge in [0.2, 0.25) is 0 Å². The summed E-state index contributed by atoms with van der Waals surface area (Å²) in [5, 5.41) is 12.9. The number of amides is 1. The molecule has 0 radical (unpaired) electrons. The molecule has 0 unspecified atom stereocenters. The molecule has 2 rings (SSSR count). The Morgan fingerprint density at radius 2 is 1.92 bits per heavy atom. The minimum Gasteiger partial charge on any atom is -0.477 e. The third kappa shape index (κ3) is 3.88. The van der Waals surface area contributed by atoms with E-state index in [4.69, 9.17) is 4.74 Å². The maximum atomic E-state index is 13.4. The molecule has 0 aliphatic carbocycles. The molecule has 0 aliphatic heterocycles. The number of anilines is 1. The highest BCUT2D eigenvalue weighted by molar-refractivity contribution is 5.92. The molecule has 0 saturated heterocycles. The minimum atomic E-state index is -0.968. The number of nitrogens with zero attached hydrogens (tertiary/aromatic N) is 1. The van der Waals surface area contributed by atoms with Crippen molar-refractivity contribution in [1.82, 2.24) is 0 Å². The third-order valence-electron chi connectivity index (χ3n) is 2.90. The van der Waals surface area contributed by atoms with Gasteiger partial charge in [-0.05, 0) is 24.3 Å². The van der Waals surface area contributed by atoms with E-state index in [-0.39, 0.29) is 11.3 Å². The van der Waals surface area contributed by atoms with Crippen LogP contribution in [0.1, 0.15) is 10.4 Å². The van der Waals surface area contributed by atoms with Gasteiger partial charge in [0, 0.05) is 11.6 Å². The molecule has 7 nitrogen and oxygen atoms in total. The van der Waals surface area contributed by atoms with Gasteiger partial charge in [-0.1, -0.05) is 6.07 Å². The fourth-order valence-electron chi connectivity index (χ4n) is 1.81. The van der Waals surface area contributed by atoms with Gasteiger partial charge in [-0.25, -0.2) is 8.78 Å². The van der Waals surface area contributed by atoms with E-state index in [0.717, 1.165) is 30.3 Å². The Bertz CT molecular complexity index is 790. The number of carbonyl (C=O) groups is 2. The Kier molecular flexibility index (Phi) is 5.15. The number of halogens is 2. The van der Waals surface area contributed by atoms with Gasteiger partial charge in [-0.2, -0.15) is 0 Å². The van der Waals surface area contributed by atoms with Crippen molar-refractivity contribution in [1.29, 1.82) is 0 Å². The highest BCUT2D eigenvalue weighted by Gasteiger charge is 2.18. The van der Waals surface area contributed by atoms with Crippen molar-refractivity contribution in [3.63, 3.8) is 0 Å². The van der Waals surface area contributed by atoms with Crippen LogP contribution < -0.4 is 10.1 Å². The third-order valence-corrected chi connectivity index (χ3v) is 2.90. The zero-order valence-corrected chi connectivity index (χ0v) is 12.0. The molecule has 1 N–H and O–H groups in total. The van der Waals surface area contributed by atoms with Crippen molar-refractivity contribution in [2.24, 2.45) is 0 Å². The minimum absolute atomic E-state index is 0.0620. The summed E-state index contributed by atoms with van der Waals surface area (Å²) in [6.07, 6.45) is 0.421. The van der Waals surface area contributed by atoms with Gasteiger partial charge < -0.3 is 10.1 Å². The normalized spacial score (nSPS) is 10.1. The van der Waals surface area contributed by atoms with Crippen LogP contribution in [-0.4, -0.2) is 23.7 Å². The van der Waals surface area contributed by atoms with Gasteiger partial charge in [0.05, 0.1) is 4.92 Å². The van der Waals surface area contributed by atoms with Crippen molar-refractivity contribution >= 4 is 23.6 Å². The lowest BCUT2D eigenvalue weighted by Gasteiger charge is -2.09. The summed E-state index contributed by atoms with van der Waals surface area (Å²) in [4.78, 5) is 32.5. The van der Waals surface area contributed by atoms with Crippen LogP contribution in [0, 0.1) is 21.7 Å². The first kappa shape index (κ1) is 17.0. The van der Waals surface area contributed by atoms with E-state index in [1.165, 1.54) is 6.07 Å². The Hall–Kier alpha value is -3.36. The molecule has 1 amide bonds. The van der Waals surface area contributed by atoms with Crippen LogP contribution >= 0.6 is 0 Å². The highest BCUT2D eigenvalue weighted by Crippen LogP contribution is 2.27. The standard InChI is InChI=1S/C15H10F2N2O5/c16-10-2-1-3-11(17)15(10)18-14(21)8-24-13-5-4-9(7-20)6-12(13)19(22)23/h1-7H,8H2,(H,18,21). The van der Waals surface area contributed by atoms with E-state index in [1.54, 1.807) is 0 Å². The second-order valence-corrected chi connectivity index (χ2v) is 4.54. The Labute approximate surface area is 134 Å². The predicted molar refractivity (Wildman–Crippen MR) is 79.0 cm³/mol. The summed E-state index contributed by atoms with van der Waals surface area (Å²) in [7, 11) is 0. The van der Waals surface area contributed by atoms with E-state index < -0.39 is 40.4 Å². The van der Waals surface area contributed by atoms with Crippen LogP contribution in [0.3, 0.4) is 0 Å². The number of ether oxygens (including phenoxy) is 1. The smallest absolute Gasteiger partial charge is 0.311 e. The van der Waals surface area contributed by atoms with Gasteiger partial charge in [0.15, 0.2) is 12.4 Å². The summed E-state index contributed by atoms with van der Waals surface area (Å²) in [5.41, 5.74) is -1.09. The molecule has 0 heterocycles. The molecule has 0 aliphatic rings. The van der Waals surface area contributed by atoms with Crippen LogP contribution in [0.4, 0.5) is 20.2 Å². The molecule has 124 valence electrons. The number of para-hydroxylation sites is 1. The SMILES string of the molecule is O=Cc1ccc(OCC(=O)Nc2c(F)cccc2F)c([N+](=O)[O-])c1. The van der Waals surface area contributed by atoms with Crippen molar-refractivity contribution in [3.05, 3.63) is 63.7 Å². The summed E-state index contributed by atoms with van der Waals surface area (Å²) in [5.74, 6) is -3.10. The highest BCUT2D eigenvalue weighted by atomic mass is 19.1. The molecule has 0 bridgehead atoms. The summed E-state index contributed by atoms with van der Waals surface area (Å²) in [6.45, 7) is -0.713. The molecular weight excluding hydrogens is 326 g/mol. The number of nitrogens with one attached hydrogen (secondary N) is 1. The average molecular weight is 336 g/mol. The maximum absolute atomic E-state index is 13.4. The Morgan fingerprint density at radius 3 is 2.50 bits per heavy atom. The van der Waals surface area contributed by atoms with E-state index in [2.05, 4.69) is 0 Å². The Morgan fingerprint density at radius 1 is 1.25 bits per heavy atom. The number of hydrogen-bond donors (Lipinski definition) is 1. The first-order valence-corrected chi connectivity index (χ1v) is 6.52. The van der Waals surface area contributed by atoms with Crippen LogP contribution in [0.5, 0.6) is 5.75 Å². The van der Waals surface area contributed by atoms with E-state index in [9.17, 15) is 28.5 Å². The Balaban J connectivity index is 2.09. The van der Waals surface area contributed by atoms with Crippen molar-refractivity contribution < 1.29 is 28.0 Å². The molecule has 0 saturated carbocycles. The van der Waals surface area contributed by atoms with Crippen LogP contribution in [0.15, 0.2) is 36.4 Å². The zero-order valence-electron chi connectivity index (χ0n) is 12.0. The predicted octanol–water partition coefficient (Wildman–Crippen LogP) is 2.70. The number of nitro groups is 1. The molecular formula is C15H10F2N2O5. The van der Waals surface area contributed by atoms with E-state index >= 15 is 0 Å². The fraction of sp³-hybridized carbons (Fsp3) is 0.0667. The first-order chi connectivity index (χ1) is 11.4. The molecule has 0 spiro atoms. The van der Waals surface area contributed by atoms with Gasteiger partial charge >= 0.3 is 5.69 Å². The van der Waals surface area contributed by atoms with Crippen LogP contribution in [-0.2, 0) is 4.79 Å². The molecule has 0 aromatic heterocycles. The molecule has 24 heavy (non-hydrogen) atoms. The van der Waals surface area contributed by atoms with Crippen molar-refractivity contribution in [3.8, 4) is 5.75 Å². The van der Waals surface area contributed by atoms with Crippen molar-refractivity contribution in [2.75, 3.05) is 11.9 Å². The number of nitro benzene ring substituents is 1. The maximum Gasteiger partial charge on any atom is 0.311 e. The topological polar surface area (TPSA) is 98.5 Å². The van der Waals surface area contributed by atoms with Gasteiger partial charge in [0.1, 0.15) is 23.6 Å². The number of carbonyl (C=O) groups excluding carboxylic acids is 2. The lowest BCUT2D eigenvalue weighted by molar-refractivity contribution is -0.385. The fourth-order valence-corrected chi connectivity index (χ4v) is 1.81. The molecule has 2 aromatic carbocycles. The first-order valence-electron chi connectivity index (χ1n) is 6.52. The van der Waals surface area contributed by atoms with E-state index in [1.807, 2.05) is 5.32 Å². The largest absolute Gasteiger partial charge is 0.477 e. The number of benzene rings is 2. The quantitative estimate of drug-likeness (QED) is 0.497. The number of rotatable bonds is 6. The van der Waals surface area contributed by atoms with E-state index in [0.29, 0.717) is 6.29 Å². The van der Waals surface area contributed by atoms with Gasteiger partial charge in [-0.15, -0.1) is 0 Å². The lowest BCUT2D eigenvalue weighted by atomic mass is 10.2. The molecule has 0 atom stereocenters. The second kappa shape index (κ2) is 7.27. The second-order valence-electron chi connectivity index (χ2n) is 4.54. The lowest BCUT2D eigenvalue weighted by Crippen LogP contribution is -2.21. The van der Waals surface area contributed by atoms with Crippen LogP contribution in [0.2, 0.25) is 0 Å².